The van der Waals surface area contributed by atoms with Gasteiger partial charge in [0.25, 0.3) is 11.5 Å². The minimum absolute atomic E-state index is 0.180. The van der Waals surface area contributed by atoms with Gasteiger partial charge in [-0.05, 0) is 43.5 Å². The van der Waals surface area contributed by atoms with Crippen LogP contribution in [0, 0.1) is 0 Å². The molecule has 4 rings (SSSR count). The van der Waals surface area contributed by atoms with E-state index in [1.54, 1.807) is 13.0 Å². The van der Waals surface area contributed by atoms with E-state index in [0.29, 0.717) is 22.3 Å². The predicted molar refractivity (Wildman–Crippen MR) is 116 cm³/mol. The Labute approximate surface area is 170 Å². The lowest BCUT2D eigenvalue weighted by Crippen LogP contribution is -2.37. The molecule has 0 atom stereocenters. The van der Waals surface area contributed by atoms with Crippen molar-refractivity contribution in [2.45, 2.75) is 44.9 Å². The fourth-order valence-corrected chi connectivity index (χ4v) is 3.95. The molecule has 1 aliphatic carbocycles. The fraction of sp³-hybridized carbons (Fsp3) is 0.292. The molecule has 1 heterocycles. The Kier molecular flexibility index (Phi) is 5.56. The molecule has 1 N–H and O–H groups in total. The molecular formula is C24H25N3O2. The Hall–Kier alpha value is -3.21. The van der Waals surface area contributed by atoms with Gasteiger partial charge < -0.3 is 0 Å². The van der Waals surface area contributed by atoms with Crippen molar-refractivity contribution in [1.82, 2.24) is 9.66 Å². The van der Waals surface area contributed by atoms with E-state index in [1.807, 2.05) is 54.6 Å². The van der Waals surface area contributed by atoms with E-state index in [2.05, 4.69) is 5.43 Å². The second kappa shape index (κ2) is 8.43. The second-order valence-corrected chi connectivity index (χ2v) is 7.64. The number of hydrogen-bond donors (Lipinski definition) is 1. The summed E-state index contributed by atoms with van der Waals surface area (Å²) < 4.78 is 1.38. The summed E-state index contributed by atoms with van der Waals surface area (Å²) in [4.78, 5) is 30.9. The van der Waals surface area contributed by atoms with E-state index in [1.165, 1.54) is 11.1 Å². The van der Waals surface area contributed by atoms with Crippen molar-refractivity contribution in [1.29, 1.82) is 0 Å². The number of para-hydroxylation sites is 1. The molecular weight excluding hydrogens is 362 g/mol. The van der Waals surface area contributed by atoms with E-state index >= 15 is 0 Å². The highest BCUT2D eigenvalue weighted by Gasteiger charge is 2.23. The number of hydrogen-bond acceptors (Lipinski definition) is 3. The van der Waals surface area contributed by atoms with Crippen molar-refractivity contribution in [3.05, 3.63) is 81.9 Å². The molecule has 1 aromatic heterocycles. The number of aromatic nitrogens is 2. The number of nitrogens with zero attached hydrogens (tertiary/aromatic N) is 2. The normalized spacial score (nSPS) is 15.4. The third-order valence-electron chi connectivity index (χ3n) is 5.53. The molecule has 1 fully saturated rings. The molecule has 5 heteroatoms. The molecule has 29 heavy (non-hydrogen) atoms. The molecule has 3 aromatic rings. The summed E-state index contributed by atoms with van der Waals surface area (Å²) in [5.74, 6) is 0.541. The molecule has 0 bridgehead atoms. The minimum atomic E-state index is -0.301. The number of nitrogens with one attached hydrogen (secondary N) is 1. The molecule has 2 aromatic carbocycles. The highest BCUT2D eigenvalue weighted by Crippen LogP contribution is 2.31. The van der Waals surface area contributed by atoms with Crippen molar-refractivity contribution >= 4 is 22.9 Å². The van der Waals surface area contributed by atoms with E-state index in [9.17, 15) is 9.59 Å². The summed E-state index contributed by atoms with van der Waals surface area (Å²) >= 11 is 0. The van der Waals surface area contributed by atoms with Crippen LogP contribution in [0.5, 0.6) is 0 Å². The first-order valence-corrected chi connectivity index (χ1v) is 10.2. The van der Waals surface area contributed by atoms with Gasteiger partial charge in [0.05, 0.1) is 10.9 Å². The van der Waals surface area contributed by atoms with Crippen LogP contribution in [0.15, 0.2) is 65.0 Å². The Morgan fingerprint density at radius 1 is 1.03 bits per heavy atom. The van der Waals surface area contributed by atoms with Gasteiger partial charge in [0.1, 0.15) is 5.82 Å². The summed E-state index contributed by atoms with van der Waals surface area (Å²) in [6.45, 7) is 1.75. The maximum Gasteiger partial charge on any atom is 0.280 e. The number of amides is 1. The van der Waals surface area contributed by atoms with Gasteiger partial charge in [0, 0.05) is 11.5 Å². The monoisotopic (exact) mass is 387 g/mol. The first-order chi connectivity index (χ1) is 14.1. The zero-order valence-electron chi connectivity index (χ0n) is 16.6. The van der Waals surface area contributed by atoms with Crippen LogP contribution < -0.4 is 11.0 Å². The van der Waals surface area contributed by atoms with E-state index in [-0.39, 0.29) is 17.4 Å². The van der Waals surface area contributed by atoms with Crippen LogP contribution in [0.4, 0.5) is 0 Å². The number of benzene rings is 2. The molecule has 5 nitrogen and oxygen atoms in total. The Balaban J connectivity index is 1.73. The Morgan fingerprint density at radius 2 is 1.72 bits per heavy atom. The smallest absolute Gasteiger partial charge is 0.268 e. The van der Waals surface area contributed by atoms with Crippen molar-refractivity contribution in [3.63, 3.8) is 0 Å². The third kappa shape index (κ3) is 4.14. The number of fused-ring (bicyclic) bond motifs is 1. The maximum atomic E-state index is 13.2. The van der Waals surface area contributed by atoms with Gasteiger partial charge in [-0.2, -0.15) is 0 Å². The molecule has 0 unspecified atom stereocenters. The zero-order chi connectivity index (χ0) is 20.2. The molecule has 0 radical (unpaired) electrons. The third-order valence-corrected chi connectivity index (χ3v) is 5.53. The van der Waals surface area contributed by atoms with Crippen LogP contribution in [-0.2, 0) is 4.79 Å². The standard InChI is InChI=1S/C24H25N3O2/c1-17(16-18-10-4-2-5-11-18)23(28)26-27-22(19-12-6-3-7-13-19)25-21-15-9-8-14-20(21)24(27)29/h2,4-5,8-11,14-16,19H,3,6-7,12-13H2,1H3,(H,26,28)/b17-16+. The minimum Gasteiger partial charge on any atom is -0.268 e. The topological polar surface area (TPSA) is 64.0 Å². The van der Waals surface area contributed by atoms with Gasteiger partial charge in [-0.3, -0.25) is 15.0 Å². The van der Waals surface area contributed by atoms with Crippen molar-refractivity contribution in [3.8, 4) is 0 Å². The van der Waals surface area contributed by atoms with Crippen LogP contribution in [0.25, 0.3) is 17.0 Å². The van der Waals surface area contributed by atoms with Gasteiger partial charge in [0.2, 0.25) is 0 Å². The summed E-state index contributed by atoms with van der Waals surface area (Å²) in [6.07, 6.45) is 7.23. The number of carbonyl (C=O) groups excluding carboxylic acids is 1. The number of carbonyl (C=O) groups is 1. The highest BCUT2D eigenvalue weighted by molar-refractivity contribution is 6.02. The van der Waals surface area contributed by atoms with Crippen LogP contribution in [0.3, 0.4) is 0 Å². The van der Waals surface area contributed by atoms with Crippen LogP contribution in [0.2, 0.25) is 0 Å². The van der Waals surface area contributed by atoms with Crippen molar-refractivity contribution < 1.29 is 4.79 Å². The first kappa shape index (κ1) is 19.1. The van der Waals surface area contributed by atoms with Gasteiger partial charge in [-0.15, -0.1) is 0 Å². The lowest BCUT2D eigenvalue weighted by molar-refractivity contribution is -0.113. The molecule has 148 valence electrons. The zero-order valence-corrected chi connectivity index (χ0v) is 16.6. The van der Waals surface area contributed by atoms with Gasteiger partial charge in [0.15, 0.2) is 0 Å². The highest BCUT2D eigenvalue weighted by atomic mass is 16.2. The second-order valence-electron chi connectivity index (χ2n) is 7.64. The molecule has 1 amide bonds. The summed E-state index contributed by atoms with van der Waals surface area (Å²) in [5.41, 5.74) is 4.75. The van der Waals surface area contributed by atoms with Crippen molar-refractivity contribution in [2.75, 3.05) is 5.43 Å². The quantitative estimate of drug-likeness (QED) is 0.665. The maximum absolute atomic E-state index is 13.2. The van der Waals surface area contributed by atoms with Gasteiger partial charge >= 0.3 is 0 Å². The summed E-state index contributed by atoms with van der Waals surface area (Å²) in [5, 5.41) is 0.511. The van der Waals surface area contributed by atoms with Crippen LogP contribution in [-0.4, -0.2) is 15.6 Å². The van der Waals surface area contributed by atoms with Crippen molar-refractivity contribution in [2.24, 2.45) is 0 Å². The summed E-state index contributed by atoms with van der Waals surface area (Å²) in [6, 6.07) is 17.0. The predicted octanol–water partition coefficient (Wildman–Crippen LogP) is 4.62. The van der Waals surface area contributed by atoms with Crippen LogP contribution >= 0.6 is 0 Å². The lowest BCUT2D eigenvalue weighted by Gasteiger charge is -2.24. The first-order valence-electron chi connectivity index (χ1n) is 10.2. The largest absolute Gasteiger partial charge is 0.280 e. The summed E-state index contributed by atoms with van der Waals surface area (Å²) in [7, 11) is 0. The van der Waals surface area contributed by atoms with Crippen LogP contribution in [0.1, 0.15) is 56.3 Å². The van der Waals surface area contributed by atoms with E-state index in [0.717, 1.165) is 31.2 Å². The fourth-order valence-electron chi connectivity index (χ4n) is 3.95. The molecule has 0 saturated heterocycles. The molecule has 1 aliphatic rings. The lowest BCUT2D eigenvalue weighted by atomic mass is 9.88. The van der Waals surface area contributed by atoms with Gasteiger partial charge in [-0.25, -0.2) is 9.66 Å². The number of rotatable bonds is 4. The van der Waals surface area contributed by atoms with Gasteiger partial charge in [-0.1, -0.05) is 61.7 Å². The Bertz CT molecular complexity index is 1110. The molecule has 0 aliphatic heterocycles. The molecule has 0 spiro atoms. The average molecular weight is 387 g/mol. The van der Waals surface area contributed by atoms with E-state index in [4.69, 9.17) is 4.98 Å². The Morgan fingerprint density at radius 3 is 2.48 bits per heavy atom. The SMILES string of the molecule is C/C(=C\c1ccccc1)C(=O)Nn1c(C2CCCCC2)nc2ccccc2c1=O. The molecule has 1 saturated carbocycles. The van der Waals surface area contributed by atoms with E-state index < -0.39 is 0 Å². The average Bonchev–Trinajstić information content (AvgIpc) is 2.76.